The van der Waals surface area contributed by atoms with Crippen LogP contribution in [0.2, 0.25) is 0 Å². The van der Waals surface area contributed by atoms with Crippen LogP contribution in [0, 0.1) is 0 Å². The van der Waals surface area contributed by atoms with Gasteiger partial charge < -0.3 is 0 Å². The van der Waals surface area contributed by atoms with Crippen LogP contribution >= 0.6 is 11.3 Å². The number of benzene rings is 1. The van der Waals surface area contributed by atoms with E-state index in [9.17, 15) is 9.59 Å². The molecule has 1 amide bonds. The van der Waals surface area contributed by atoms with Gasteiger partial charge in [-0.2, -0.15) is 5.21 Å². The Balaban J connectivity index is 1.61. The van der Waals surface area contributed by atoms with Gasteiger partial charge >= 0.3 is 0 Å². The molecule has 0 bridgehead atoms. The lowest BCUT2D eigenvalue weighted by molar-refractivity contribution is 0.102. The van der Waals surface area contributed by atoms with E-state index in [4.69, 9.17) is 0 Å². The summed E-state index contributed by atoms with van der Waals surface area (Å²) in [4.78, 5) is 31.5. The summed E-state index contributed by atoms with van der Waals surface area (Å²) in [6.45, 7) is 0. The van der Waals surface area contributed by atoms with Crippen molar-refractivity contribution in [3.63, 3.8) is 0 Å². The van der Waals surface area contributed by atoms with Crippen molar-refractivity contribution in [3.05, 3.63) is 70.6 Å². The Morgan fingerprint density at radius 1 is 1.14 bits per heavy atom. The van der Waals surface area contributed by atoms with Gasteiger partial charge in [0.25, 0.3) is 17.4 Å². The van der Waals surface area contributed by atoms with Crippen LogP contribution in [0.1, 0.15) is 10.4 Å². The molecule has 0 unspecified atom stereocenters. The van der Waals surface area contributed by atoms with E-state index in [1.807, 2.05) is 36.4 Å². The van der Waals surface area contributed by atoms with Crippen molar-refractivity contribution in [1.29, 1.82) is 0 Å². The van der Waals surface area contributed by atoms with Crippen LogP contribution in [0.5, 0.6) is 0 Å². The minimum atomic E-state index is -0.453. The number of aromatic nitrogens is 6. The Bertz CT molecular complexity index is 1370. The molecule has 2 N–H and O–H groups in total. The molecule has 0 atom stereocenters. The number of fused-ring (bicyclic) bond motifs is 2. The molecule has 0 spiro atoms. The average molecular weight is 389 g/mol. The van der Waals surface area contributed by atoms with Gasteiger partial charge in [0.05, 0.1) is 10.9 Å². The van der Waals surface area contributed by atoms with Crippen molar-refractivity contribution in [3.8, 4) is 10.4 Å². The van der Waals surface area contributed by atoms with E-state index < -0.39 is 5.91 Å². The Morgan fingerprint density at radius 3 is 2.79 bits per heavy atom. The van der Waals surface area contributed by atoms with Gasteiger partial charge in [-0.05, 0) is 29.0 Å². The van der Waals surface area contributed by atoms with Gasteiger partial charge in [0.15, 0.2) is 0 Å². The van der Waals surface area contributed by atoms with Gasteiger partial charge in [0.1, 0.15) is 10.5 Å². The zero-order valence-electron chi connectivity index (χ0n) is 14.2. The minimum absolute atomic E-state index is 0.0522. The highest BCUT2D eigenvalue weighted by molar-refractivity contribution is 7.21. The molecule has 0 aliphatic heterocycles. The van der Waals surface area contributed by atoms with Gasteiger partial charge in [0, 0.05) is 11.1 Å². The molecule has 0 saturated heterocycles. The molecular weight excluding hydrogens is 378 g/mol. The number of thiophene rings is 1. The molecule has 0 saturated carbocycles. The number of anilines is 1. The van der Waals surface area contributed by atoms with Gasteiger partial charge in [0.2, 0.25) is 0 Å². The first kappa shape index (κ1) is 16.3. The summed E-state index contributed by atoms with van der Waals surface area (Å²) < 4.78 is 1.37. The molecular formula is C18H11N7O2S. The molecule has 0 aliphatic rings. The number of H-pyrrole nitrogens is 1. The second-order valence-corrected chi connectivity index (χ2v) is 6.98. The predicted molar refractivity (Wildman–Crippen MR) is 104 cm³/mol. The molecule has 0 radical (unpaired) electrons. The van der Waals surface area contributed by atoms with Crippen molar-refractivity contribution in [2.24, 2.45) is 0 Å². The summed E-state index contributed by atoms with van der Waals surface area (Å²) in [5.74, 6) is -0.401. The predicted octanol–water partition coefficient (Wildman–Crippen LogP) is 2.34. The van der Waals surface area contributed by atoms with E-state index in [1.54, 1.807) is 12.1 Å². The lowest BCUT2D eigenvalue weighted by Gasteiger charge is -2.04. The number of carbonyl (C=O) groups is 1. The topological polar surface area (TPSA) is 118 Å². The van der Waals surface area contributed by atoms with Gasteiger partial charge in [-0.3, -0.25) is 19.3 Å². The molecule has 4 aromatic heterocycles. The third kappa shape index (κ3) is 2.72. The van der Waals surface area contributed by atoms with Crippen molar-refractivity contribution in [2.45, 2.75) is 0 Å². The maximum Gasteiger partial charge on any atom is 0.270 e. The quantitative estimate of drug-likeness (QED) is 0.489. The highest BCUT2D eigenvalue weighted by Crippen LogP contribution is 2.31. The van der Waals surface area contributed by atoms with Crippen LogP contribution in [0.3, 0.4) is 0 Å². The number of hydrogen-bond acceptors (Lipinski definition) is 7. The van der Waals surface area contributed by atoms with Gasteiger partial charge in [-0.1, -0.05) is 35.4 Å². The van der Waals surface area contributed by atoms with Crippen molar-refractivity contribution >= 4 is 39.1 Å². The third-order valence-electron chi connectivity index (χ3n) is 4.20. The molecule has 10 heteroatoms. The maximum atomic E-state index is 13.0. The van der Waals surface area contributed by atoms with E-state index in [0.29, 0.717) is 15.9 Å². The van der Waals surface area contributed by atoms with Gasteiger partial charge in [-0.15, -0.1) is 16.4 Å². The fourth-order valence-corrected chi connectivity index (χ4v) is 3.90. The number of carbonyl (C=O) groups excluding carboxylic acids is 1. The molecule has 0 aliphatic carbocycles. The Morgan fingerprint density at radius 2 is 2.00 bits per heavy atom. The average Bonchev–Trinajstić information content (AvgIpc) is 3.38. The molecule has 9 nitrogen and oxygen atoms in total. The van der Waals surface area contributed by atoms with E-state index in [2.05, 4.69) is 30.9 Å². The summed E-state index contributed by atoms with van der Waals surface area (Å²) in [6.07, 6.45) is 1.46. The van der Waals surface area contributed by atoms with Crippen molar-refractivity contribution in [2.75, 3.05) is 5.32 Å². The minimum Gasteiger partial charge on any atom is -0.288 e. The third-order valence-corrected chi connectivity index (χ3v) is 5.27. The molecule has 5 aromatic rings. The molecule has 28 heavy (non-hydrogen) atoms. The number of tetrazole rings is 1. The molecule has 136 valence electrons. The van der Waals surface area contributed by atoms with E-state index >= 15 is 0 Å². The number of nitrogens with zero attached hydrogens (tertiary/aromatic N) is 5. The van der Waals surface area contributed by atoms with E-state index in [-0.39, 0.29) is 17.1 Å². The Hall–Kier alpha value is -3.92. The largest absolute Gasteiger partial charge is 0.288 e. The van der Waals surface area contributed by atoms with E-state index in [1.165, 1.54) is 21.9 Å². The standard InChI is InChI=1S/C18H11N7O2S/c26-15(20-18-21-23-24-22-18)11-6-7-14-19-16-12(17(27)25(14)9-11)8-13(28-16)10-4-2-1-3-5-10/h1-9H,(H2,20,21,22,23,24,26). The lowest BCUT2D eigenvalue weighted by Crippen LogP contribution is -2.18. The second kappa shape index (κ2) is 6.35. The second-order valence-electron chi connectivity index (χ2n) is 5.95. The smallest absolute Gasteiger partial charge is 0.270 e. The number of nitrogens with one attached hydrogen (secondary N) is 2. The van der Waals surface area contributed by atoms with Crippen LogP contribution in [-0.4, -0.2) is 35.9 Å². The fraction of sp³-hybridized carbons (Fsp3) is 0. The number of rotatable bonds is 3. The Kier molecular flexibility index (Phi) is 3.69. The highest BCUT2D eigenvalue weighted by Gasteiger charge is 2.14. The monoisotopic (exact) mass is 389 g/mol. The van der Waals surface area contributed by atoms with Gasteiger partial charge in [-0.25, -0.2) is 4.98 Å². The zero-order chi connectivity index (χ0) is 19.1. The van der Waals surface area contributed by atoms with Crippen LogP contribution in [0.15, 0.2) is 59.5 Å². The zero-order valence-corrected chi connectivity index (χ0v) is 15.0. The Labute approximate surface area is 160 Å². The summed E-state index contributed by atoms with van der Waals surface area (Å²) in [5.41, 5.74) is 1.54. The number of amides is 1. The summed E-state index contributed by atoms with van der Waals surface area (Å²) >= 11 is 1.46. The summed E-state index contributed by atoms with van der Waals surface area (Å²) in [7, 11) is 0. The fourth-order valence-electron chi connectivity index (χ4n) is 2.87. The first-order chi connectivity index (χ1) is 13.7. The van der Waals surface area contributed by atoms with Crippen LogP contribution in [0.4, 0.5) is 5.95 Å². The molecule has 5 rings (SSSR count). The highest BCUT2D eigenvalue weighted by atomic mass is 32.1. The van der Waals surface area contributed by atoms with Crippen LogP contribution < -0.4 is 10.9 Å². The van der Waals surface area contributed by atoms with Crippen LogP contribution in [-0.2, 0) is 0 Å². The maximum absolute atomic E-state index is 13.0. The number of hydrogen-bond donors (Lipinski definition) is 2. The SMILES string of the molecule is O=C(Nc1nn[nH]n1)c1ccc2nc3sc(-c4ccccc4)cc3c(=O)n2c1. The first-order valence-corrected chi connectivity index (χ1v) is 9.07. The molecule has 1 aromatic carbocycles. The molecule has 0 fully saturated rings. The van der Waals surface area contributed by atoms with Crippen molar-refractivity contribution in [1.82, 2.24) is 30.0 Å². The summed E-state index contributed by atoms with van der Waals surface area (Å²) in [5, 5.41) is 16.0. The van der Waals surface area contributed by atoms with Crippen LogP contribution in [0.25, 0.3) is 26.3 Å². The first-order valence-electron chi connectivity index (χ1n) is 8.25. The normalized spacial score (nSPS) is 11.1. The van der Waals surface area contributed by atoms with E-state index in [0.717, 1.165) is 10.4 Å². The number of aromatic amines is 1. The lowest BCUT2D eigenvalue weighted by atomic mass is 10.2. The molecule has 4 heterocycles. The summed E-state index contributed by atoms with van der Waals surface area (Å²) in [6, 6.07) is 14.9. The van der Waals surface area contributed by atoms with Crippen molar-refractivity contribution < 1.29 is 4.79 Å². The number of pyridine rings is 1.